The van der Waals surface area contributed by atoms with E-state index in [1.807, 2.05) is 0 Å². The van der Waals surface area contributed by atoms with Crippen LogP contribution in [0, 0.1) is 17.6 Å². The Hall–Kier alpha value is -0.640. The van der Waals surface area contributed by atoms with Gasteiger partial charge in [0, 0.05) is 5.33 Å². The molecule has 0 saturated carbocycles. The van der Waals surface area contributed by atoms with Gasteiger partial charge < -0.3 is 4.74 Å². The van der Waals surface area contributed by atoms with Crippen LogP contribution in [-0.4, -0.2) is 11.9 Å². The second kappa shape index (κ2) is 6.84. The minimum absolute atomic E-state index is 0.00829. The summed E-state index contributed by atoms with van der Waals surface area (Å²) in [5, 5.41) is 0.947. The predicted octanol–water partition coefficient (Wildman–Crippen LogP) is 4.15. The van der Waals surface area contributed by atoms with Crippen LogP contribution in [0.3, 0.4) is 0 Å². The zero-order valence-electron chi connectivity index (χ0n) is 9.18. The maximum Gasteiger partial charge on any atom is 0.200 e. The molecular formula is C12H15BrF2O. The van der Waals surface area contributed by atoms with Gasteiger partial charge in [0.2, 0.25) is 5.82 Å². The van der Waals surface area contributed by atoms with E-state index in [2.05, 4.69) is 22.9 Å². The molecule has 1 nitrogen and oxygen atoms in total. The first-order chi connectivity index (χ1) is 7.65. The largest absolute Gasteiger partial charge is 0.490 e. The molecule has 1 unspecified atom stereocenters. The topological polar surface area (TPSA) is 9.23 Å². The van der Waals surface area contributed by atoms with Crippen molar-refractivity contribution in [3.05, 3.63) is 29.8 Å². The van der Waals surface area contributed by atoms with Gasteiger partial charge in [0.1, 0.15) is 0 Å². The van der Waals surface area contributed by atoms with E-state index in [1.165, 1.54) is 12.1 Å². The number of ether oxygens (including phenoxy) is 1. The Labute approximate surface area is 103 Å². The number of benzene rings is 1. The molecule has 1 atom stereocenters. The summed E-state index contributed by atoms with van der Waals surface area (Å²) >= 11 is 3.36. The van der Waals surface area contributed by atoms with Gasteiger partial charge in [0.15, 0.2) is 11.6 Å². The quantitative estimate of drug-likeness (QED) is 0.716. The third kappa shape index (κ3) is 4.08. The zero-order valence-corrected chi connectivity index (χ0v) is 10.8. The molecule has 0 N–H and O–H groups in total. The monoisotopic (exact) mass is 292 g/mol. The van der Waals surface area contributed by atoms with Crippen LogP contribution in [0.1, 0.15) is 19.8 Å². The fourth-order valence-corrected chi connectivity index (χ4v) is 2.08. The molecule has 1 aromatic carbocycles. The molecule has 0 bridgehead atoms. The van der Waals surface area contributed by atoms with E-state index in [9.17, 15) is 8.78 Å². The van der Waals surface area contributed by atoms with Gasteiger partial charge in [-0.15, -0.1) is 0 Å². The van der Waals surface area contributed by atoms with Crippen LogP contribution in [-0.2, 0) is 0 Å². The lowest BCUT2D eigenvalue weighted by Crippen LogP contribution is -2.06. The molecule has 1 aromatic rings. The van der Waals surface area contributed by atoms with Crippen molar-refractivity contribution in [1.29, 1.82) is 0 Å². The first-order valence-corrected chi connectivity index (χ1v) is 6.40. The average Bonchev–Trinajstić information content (AvgIpc) is 2.25. The van der Waals surface area contributed by atoms with Gasteiger partial charge in [-0.2, -0.15) is 4.39 Å². The summed E-state index contributed by atoms with van der Waals surface area (Å²) in [7, 11) is 0. The van der Waals surface area contributed by atoms with Crippen molar-refractivity contribution in [1.82, 2.24) is 0 Å². The lowest BCUT2D eigenvalue weighted by molar-refractivity contribution is 0.266. The van der Waals surface area contributed by atoms with Gasteiger partial charge in [-0.3, -0.25) is 0 Å². The van der Waals surface area contributed by atoms with Crippen LogP contribution in [0.2, 0.25) is 0 Å². The van der Waals surface area contributed by atoms with Crippen molar-refractivity contribution in [2.75, 3.05) is 11.9 Å². The van der Waals surface area contributed by atoms with Crippen molar-refractivity contribution < 1.29 is 13.5 Å². The smallest absolute Gasteiger partial charge is 0.200 e. The zero-order chi connectivity index (χ0) is 12.0. The SMILES string of the molecule is CC(CCBr)CCOc1cccc(F)c1F. The lowest BCUT2D eigenvalue weighted by Gasteiger charge is -2.11. The summed E-state index contributed by atoms with van der Waals surface area (Å²) in [6.07, 6.45) is 1.89. The van der Waals surface area contributed by atoms with Gasteiger partial charge in [0.25, 0.3) is 0 Å². The van der Waals surface area contributed by atoms with E-state index in [1.54, 1.807) is 0 Å². The molecule has 0 spiro atoms. The van der Waals surface area contributed by atoms with Crippen LogP contribution in [0.5, 0.6) is 5.75 Å². The Morgan fingerprint density at radius 1 is 1.31 bits per heavy atom. The molecule has 1 rings (SSSR count). The van der Waals surface area contributed by atoms with Crippen molar-refractivity contribution in [2.24, 2.45) is 5.92 Å². The molecular weight excluding hydrogens is 278 g/mol. The summed E-state index contributed by atoms with van der Waals surface area (Å²) < 4.78 is 31.2. The molecule has 0 aliphatic rings. The molecule has 16 heavy (non-hydrogen) atoms. The normalized spacial score (nSPS) is 12.5. The second-order valence-corrected chi connectivity index (χ2v) is 4.56. The molecule has 0 aliphatic heterocycles. The van der Waals surface area contributed by atoms with Gasteiger partial charge in [-0.1, -0.05) is 28.9 Å². The van der Waals surface area contributed by atoms with E-state index in [4.69, 9.17) is 4.74 Å². The number of alkyl halides is 1. The standard InChI is InChI=1S/C12H15BrF2O/c1-9(5-7-13)6-8-16-11-4-2-3-10(14)12(11)15/h2-4,9H,5-8H2,1H3. The summed E-state index contributed by atoms with van der Waals surface area (Å²) in [5.74, 6) is -1.27. The maximum atomic E-state index is 13.2. The van der Waals surface area contributed by atoms with E-state index < -0.39 is 11.6 Å². The van der Waals surface area contributed by atoms with Crippen LogP contribution < -0.4 is 4.74 Å². The van der Waals surface area contributed by atoms with Crippen molar-refractivity contribution >= 4 is 15.9 Å². The average molecular weight is 293 g/mol. The maximum absolute atomic E-state index is 13.2. The Morgan fingerprint density at radius 3 is 2.75 bits per heavy atom. The highest BCUT2D eigenvalue weighted by atomic mass is 79.9. The van der Waals surface area contributed by atoms with Gasteiger partial charge in [0.05, 0.1) is 6.61 Å². The summed E-state index contributed by atoms with van der Waals surface area (Å²) in [5.41, 5.74) is 0. The van der Waals surface area contributed by atoms with E-state index in [-0.39, 0.29) is 5.75 Å². The minimum Gasteiger partial charge on any atom is -0.490 e. The summed E-state index contributed by atoms with van der Waals surface area (Å²) in [4.78, 5) is 0. The third-order valence-electron chi connectivity index (χ3n) is 2.39. The Morgan fingerprint density at radius 2 is 2.06 bits per heavy atom. The number of rotatable bonds is 6. The summed E-state index contributed by atoms with van der Waals surface area (Å²) in [6, 6.07) is 3.96. The van der Waals surface area contributed by atoms with Crippen LogP contribution in [0.4, 0.5) is 8.78 Å². The number of hydrogen-bond acceptors (Lipinski definition) is 1. The lowest BCUT2D eigenvalue weighted by atomic mass is 10.1. The molecule has 90 valence electrons. The van der Waals surface area contributed by atoms with Crippen LogP contribution in [0.25, 0.3) is 0 Å². The fraction of sp³-hybridized carbons (Fsp3) is 0.500. The Kier molecular flexibility index (Phi) is 5.74. The highest BCUT2D eigenvalue weighted by Gasteiger charge is 2.09. The van der Waals surface area contributed by atoms with E-state index >= 15 is 0 Å². The van der Waals surface area contributed by atoms with Crippen molar-refractivity contribution in [2.45, 2.75) is 19.8 Å². The van der Waals surface area contributed by atoms with Gasteiger partial charge >= 0.3 is 0 Å². The Bertz CT molecular complexity index is 331. The fourth-order valence-electron chi connectivity index (χ4n) is 1.30. The molecule has 0 radical (unpaired) electrons. The van der Waals surface area contributed by atoms with Crippen LogP contribution >= 0.6 is 15.9 Å². The van der Waals surface area contributed by atoms with Crippen molar-refractivity contribution in [3.63, 3.8) is 0 Å². The molecule has 0 saturated heterocycles. The van der Waals surface area contributed by atoms with Gasteiger partial charge in [-0.25, -0.2) is 4.39 Å². The van der Waals surface area contributed by atoms with E-state index in [0.717, 1.165) is 24.2 Å². The molecule has 4 heteroatoms. The molecule has 0 heterocycles. The minimum atomic E-state index is -0.907. The summed E-state index contributed by atoms with van der Waals surface area (Å²) in [6.45, 7) is 2.51. The van der Waals surface area contributed by atoms with Crippen molar-refractivity contribution in [3.8, 4) is 5.75 Å². The predicted molar refractivity (Wildman–Crippen MR) is 64.0 cm³/mol. The molecule has 0 fully saturated rings. The van der Waals surface area contributed by atoms with Gasteiger partial charge in [-0.05, 0) is 30.9 Å². The highest BCUT2D eigenvalue weighted by Crippen LogP contribution is 2.20. The van der Waals surface area contributed by atoms with Crippen LogP contribution in [0.15, 0.2) is 18.2 Å². The first-order valence-electron chi connectivity index (χ1n) is 5.28. The number of hydrogen-bond donors (Lipinski definition) is 0. The number of halogens is 3. The van der Waals surface area contributed by atoms with E-state index in [0.29, 0.717) is 12.5 Å². The molecule has 0 aliphatic carbocycles. The first kappa shape index (κ1) is 13.4. The third-order valence-corrected chi connectivity index (χ3v) is 2.84. The Balaban J connectivity index is 2.40. The molecule has 0 amide bonds. The molecule has 0 aromatic heterocycles. The second-order valence-electron chi connectivity index (χ2n) is 3.77. The highest BCUT2D eigenvalue weighted by molar-refractivity contribution is 9.09.